The normalized spacial score (nSPS) is 20.7. The Morgan fingerprint density at radius 3 is 2.24 bits per heavy atom. The van der Waals surface area contributed by atoms with E-state index >= 15 is 0 Å². The molecule has 1 heterocycles. The van der Waals surface area contributed by atoms with Gasteiger partial charge in [-0.25, -0.2) is 4.79 Å². The number of hydrogen-bond donors (Lipinski definition) is 0. The van der Waals surface area contributed by atoms with E-state index in [2.05, 4.69) is 53.9 Å². The Kier molecular flexibility index (Phi) is 5.11. The lowest BCUT2D eigenvalue weighted by molar-refractivity contribution is 0.107. The van der Waals surface area contributed by atoms with Gasteiger partial charge in [-0.2, -0.15) is 0 Å². The molecule has 1 saturated heterocycles. The summed E-state index contributed by atoms with van der Waals surface area (Å²) in [6.07, 6.45) is -0.314. The summed E-state index contributed by atoms with van der Waals surface area (Å²) in [5.41, 5.74) is 14.0. The van der Waals surface area contributed by atoms with Crippen molar-refractivity contribution in [3.63, 3.8) is 0 Å². The van der Waals surface area contributed by atoms with Crippen LogP contribution in [0.2, 0.25) is 25.2 Å². The van der Waals surface area contributed by atoms with E-state index in [4.69, 9.17) is 10.3 Å². The van der Waals surface area contributed by atoms with E-state index in [-0.39, 0.29) is 23.6 Å². The Bertz CT molecular complexity index is 935. The van der Waals surface area contributed by atoms with Crippen molar-refractivity contribution in [3.8, 4) is 11.1 Å². The van der Waals surface area contributed by atoms with Gasteiger partial charge >= 0.3 is 6.09 Å². The van der Waals surface area contributed by atoms with Crippen molar-refractivity contribution in [3.05, 3.63) is 70.1 Å². The molecule has 1 fully saturated rings. The van der Waals surface area contributed by atoms with Crippen molar-refractivity contribution in [1.82, 2.24) is 4.90 Å². The number of carbonyl (C=O) groups is 1. The molecule has 4 rings (SSSR count). The van der Waals surface area contributed by atoms with Gasteiger partial charge in [0.2, 0.25) is 0 Å². The van der Waals surface area contributed by atoms with E-state index in [1.165, 1.54) is 22.3 Å². The molecule has 1 aliphatic carbocycles. The van der Waals surface area contributed by atoms with Crippen LogP contribution < -0.4 is 0 Å². The fraction of sp³-hybridized carbons (Fsp3) is 0.409. The van der Waals surface area contributed by atoms with Gasteiger partial charge in [0.15, 0.2) is 0 Å². The third-order valence-corrected chi connectivity index (χ3v) is 8.99. The van der Waals surface area contributed by atoms with Crippen molar-refractivity contribution in [1.29, 1.82) is 0 Å². The van der Waals surface area contributed by atoms with Gasteiger partial charge < -0.3 is 9.64 Å². The SMILES string of the molecule is C[Si](C)(C)[C@@H]1CN(C(=O)OCC2c3ccccc3-c3ccccc32)C[C@H]1N=[N+]=[N-]. The van der Waals surface area contributed by atoms with Crippen molar-refractivity contribution in [2.24, 2.45) is 5.11 Å². The molecule has 0 saturated carbocycles. The number of carbonyl (C=O) groups excluding carboxylic acids is 1. The summed E-state index contributed by atoms with van der Waals surface area (Å²) in [6.45, 7) is 8.11. The van der Waals surface area contributed by atoms with Crippen molar-refractivity contribution in [2.45, 2.75) is 37.1 Å². The van der Waals surface area contributed by atoms with Gasteiger partial charge in [-0.05, 0) is 33.3 Å². The third kappa shape index (κ3) is 3.63. The van der Waals surface area contributed by atoms with Gasteiger partial charge in [0.05, 0.1) is 6.04 Å². The molecular weight excluding hydrogens is 380 g/mol. The molecule has 7 heteroatoms. The molecule has 0 N–H and O–H groups in total. The first-order chi connectivity index (χ1) is 13.9. The summed E-state index contributed by atoms with van der Waals surface area (Å²) in [7, 11) is -1.57. The molecule has 2 aromatic rings. The molecule has 6 nitrogen and oxygen atoms in total. The summed E-state index contributed by atoms with van der Waals surface area (Å²) in [4.78, 5) is 17.6. The van der Waals surface area contributed by atoms with Crippen LogP contribution in [0, 0.1) is 0 Å². The summed E-state index contributed by atoms with van der Waals surface area (Å²) in [6, 6.07) is 16.5. The largest absolute Gasteiger partial charge is 0.448 e. The predicted octanol–water partition coefficient (Wildman–Crippen LogP) is 5.64. The van der Waals surface area contributed by atoms with Crippen molar-refractivity contribution in [2.75, 3.05) is 19.7 Å². The standard InChI is InChI=1S/C22H26N4O2Si/c1-29(2,3)21-13-26(12-20(21)24-25-23)22(27)28-14-19-17-10-6-4-8-15(17)16-9-5-7-11-18(16)19/h4-11,19-21H,12-14H2,1-3H3/t20-,21-/m1/s1. The van der Waals surface area contributed by atoms with Gasteiger partial charge in [0.25, 0.3) is 0 Å². The van der Waals surface area contributed by atoms with Crippen molar-refractivity contribution >= 4 is 14.2 Å². The van der Waals surface area contributed by atoms with Crippen molar-refractivity contribution < 1.29 is 9.53 Å². The predicted molar refractivity (Wildman–Crippen MR) is 117 cm³/mol. The van der Waals surface area contributed by atoms with Gasteiger partial charge in [-0.1, -0.05) is 73.3 Å². The monoisotopic (exact) mass is 406 g/mol. The van der Waals surface area contributed by atoms with E-state index < -0.39 is 8.07 Å². The number of azide groups is 1. The van der Waals surface area contributed by atoms with Gasteiger partial charge in [0.1, 0.15) is 6.61 Å². The fourth-order valence-corrected chi connectivity index (χ4v) is 6.75. The minimum Gasteiger partial charge on any atom is -0.448 e. The number of ether oxygens (including phenoxy) is 1. The minimum absolute atomic E-state index is 0.0506. The first-order valence-electron chi connectivity index (χ1n) is 10.0. The third-order valence-electron chi connectivity index (χ3n) is 6.20. The van der Waals surface area contributed by atoms with Gasteiger partial charge in [-0.3, -0.25) is 0 Å². The van der Waals surface area contributed by atoms with Crippen LogP contribution in [-0.2, 0) is 4.74 Å². The van der Waals surface area contributed by atoms with Gasteiger partial charge in [0, 0.05) is 32.0 Å². The average molecular weight is 407 g/mol. The molecule has 0 bridgehead atoms. The molecule has 29 heavy (non-hydrogen) atoms. The first-order valence-corrected chi connectivity index (χ1v) is 13.6. The second-order valence-corrected chi connectivity index (χ2v) is 14.4. The van der Waals surface area contributed by atoms with E-state index in [0.717, 1.165) is 0 Å². The maximum Gasteiger partial charge on any atom is 0.409 e. The van der Waals surface area contributed by atoms with E-state index in [1.54, 1.807) is 4.90 Å². The van der Waals surface area contributed by atoms with E-state index in [1.807, 2.05) is 24.3 Å². The van der Waals surface area contributed by atoms with E-state index in [0.29, 0.717) is 19.7 Å². The number of hydrogen-bond acceptors (Lipinski definition) is 3. The van der Waals surface area contributed by atoms with Crippen LogP contribution >= 0.6 is 0 Å². The molecule has 0 aromatic heterocycles. The number of rotatable bonds is 4. The number of fused-ring (bicyclic) bond motifs is 3. The number of benzene rings is 2. The Morgan fingerprint density at radius 1 is 1.10 bits per heavy atom. The highest BCUT2D eigenvalue weighted by Crippen LogP contribution is 2.44. The quantitative estimate of drug-likeness (QED) is 0.285. The molecule has 1 amide bonds. The Labute approximate surface area is 172 Å². The molecule has 2 aliphatic rings. The smallest absolute Gasteiger partial charge is 0.409 e. The minimum atomic E-state index is -1.57. The molecule has 0 unspecified atom stereocenters. The van der Waals surface area contributed by atoms with Crippen LogP contribution in [0.25, 0.3) is 21.6 Å². The molecule has 2 aromatic carbocycles. The maximum absolute atomic E-state index is 12.8. The summed E-state index contributed by atoms with van der Waals surface area (Å²) >= 11 is 0. The zero-order chi connectivity index (χ0) is 20.6. The highest BCUT2D eigenvalue weighted by Gasteiger charge is 2.42. The van der Waals surface area contributed by atoms with Crippen LogP contribution in [-0.4, -0.2) is 44.8 Å². The Hall–Kier alpha value is -2.76. The average Bonchev–Trinajstić information content (AvgIpc) is 3.26. The van der Waals surface area contributed by atoms with Crippen LogP contribution in [0.5, 0.6) is 0 Å². The summed E-state index contributed by atoms with van der Waals surface area (Å²) in [5, 5.41) is 3.97. The highest BCUT2D eigenvalue weighted by molar-refractivity contribution is 6.77. The zero-order valence-corrected chi connectivity index (χ0v) is 18.1. The molecule has 0 spiro atoms. The van der Waals surface area contributed by atoms with Crippen LogP contribution in [0.15, 0.2) is 53.6 Å². The molecule has 1 aliphatic heterocycles. The lowest BCUT2D eigenvalue weighted by atomic mass is 9.98. The van der Waals surface area contributed by atoms with Crippen LogP contribution in [0.4, 0.5) is 4.79 Å². The maximum atomic E-state index is 12.8. The van der Waals surface area contributed by atoms with Crippen LogP contribution in [0.1, 0.15) is 17.0 Å². The summed E-state index contributed by atoms with van der Waals surface area (Å²) < 4.78 is 5.78. The number of nitrogens with zero attached hydrogens (tertiary/aromatic N) is 4. The second kappa shape index (κ2) is 7.58. The molecule has 150 valence electrons. The molecule has 2 atom stereocenters. The van der Waals surface area contributed by atoms with Crippen LogP contribution in [0.3, 0.4) is 0 Å². The molecular formula is C22H26N4O2Si. The number of amides is 1. The second-order valence-electron chi connectivity index (χ2n) is 8.95. The lowest BCUT2D eigenvalue weighted by Gasteiger charge is -2.27. The molecule has 0 radical (unpaired) electrons. The summed E-state index contributed by atoms with van der Waals surface area (Å²) in [5.74, 6) is 0.0506. The topological polar surface area (TPSA) is 78.3 Å². The fourth-order valence-electron chi connectivity index (χ4n) is 4.66. The number of likely N-dealkylation sites (tertiary alicyclic amines) is 1. The first kappa shape index (κ1) is 19.5. The highest BCUT2D eigenvalue weighted by atomic mass is 28.3. The Morgan fingerprint density at radius 2 is 1.69 bits per heavy atom. The van der Waals surface area contributed by atoms with Gasteiger partial charge in [-0.15, -0.1) is 0 Å². The lowest BCUT2D eigenvalue weighted by Crippen LogP contribution is -2.35. The Balaban J connectivity index is 1.49. The van der Waals surface area contributed by atoms with E-state index in [9.17, 15) is 4.79 Å². The zero-order valence-electron chi connectivity index (χ0n) is 17.1.